The van der Waals surface area contributed by atoms with Crippen LogP contribution < -0.4 is 9.46 Å². The van der Waals surface area contributed by atoms with Crippen LogP contribution in [0.1, 0.15) is 11.6 Å². The number of rotatable bonds is 7. The van der Waals surface area contributed by atoms with Crippen molar-refractivity contribution in [2.75, 3.05) is 13.7 Å². The second-order valence-corrected chi connectivity index (χ2v) is 9.43. The monoisotopic (exact) mass is 451 g/mol. The van der Waals surface area contributed by atoms with E-state index in [1.165, 1.54) is 43.5 Å². The van der Waals surface area contributed by atoms with Crippen molar-refractivity contribution in [1.29, 1.82) is 0 Å². The molecule has 2 aromatic rings. The van der Waals surface area contributed by atoms with Crippen molar-refractivity contribution in [1.82, 2.24) is 4.72 Å². The minimum absolute atomic E-state index is 0.0438. The van der Waals surface area contributed by atoms with Gasteiger partial charge >= 0.3 is 5.97 Å². The number of benzene rings is 2. The number of ether oxygens (including phenoxy) is 2. The summed E-state index contributed by atoms with van der Waals surface area (Å²) in [7, 11) is -2.67. The molecule has 0 spiro atoms. The molecule has 10 heteroatoms. The van der Waals surface area contributed by atoms with Crippen LogP contribution in [0.3, 0.4) is 0 Å². The molecule has 0 fully saturated rings. The van der Waals surface area contributed by atoms with Crippen molar-refractivity contribution < 1.29 is 22.7 Å². The van der Waals surface area contributed by atoms with Crippen LogP contribution in [0.25, 0.3) is 0 Å². The van der Waals surface area contributed by atoms with E-state index in [1.54, 1.807) is 18.2 Å². The quantitative estimate of drug-likeness (QED) is 0.512. The fourth-order valence-corrected chi connectivity index (χ4v) is 4.11. The molecule has 146 valence electrons. The first kappa shape index (κ1) is 21.8. The number of halogens is 3. The molecule has 2 aromatic carbocycles. The van der Waals surface area contributed by atoms with Gasteiger partial charge in [-0.1, -0.05) is 65.1 Å². The Kier molecular flexibility index (Phi) is 7.36. The van der Waals surface area contributed by atoms with E-state index in [2.05, 4.69) is 9.46 Å². The lowest BCUT2D eigenvalue weighted by atomic mass is 10.1. The van der Waals surface area contributed by atoms with E-state index in [-0.39, 0.29) is 11.5 Å². The second-order valence-electron chi connectivity index (χ2n) is 5.34. The first-order chi connectivity index (χ1) is 12.6. The fourth-order valence-electron chi connectivity index (χ4n) is 2.10. The molecule has 0 aliphatic heterocycles. The molecule has 0 saturated carbocycles. The number of carbonyl (C=O) groups excluding carboxylic acids is 1. The fraction of sp³-hybridized carbons (Fsp3) is 0.235. The van der Waals surface area contributed by atoms with Crippen LogP contribution >= 0.6 is 34.8 Å². The molecule has 6 nitrogen and oxygen atoms in total. The molecule has 1 N–H and O–H groups in total. The molecule has 0 amide bonds. The van der Waals surface area contributed by atoms with E-state index in [1.807, 2.05) is 0 Å². The summed E-state index contributed by atoms with van der Waals surface area (Å²) in [4.78, 5) is 11.2. The van der Waals surface area contributed by atoms with Crippen molar-refractivity contribution in [2.45, 2.75) is 14.7 Å². The topological polar surface area (TPSA) is 81.7 Å². The van der Waals surface area contributed by atoms with Crippen molar-refractivity contribution in [2.24, 2.45) is 0 Å². The third kappa shape index (κ3) is 6.26. The Bertz CT molecular complexity index is 868. The number of alkyl halides is 3. The number of sulfonamides is 1. The molecule has 0 unspecified atom stereocenters. The zero-order chi connectivity index (χ0) is 20.1. The Morgan fingerprint density at radius 1 is 1.07 bits per heavy atom. The standard InChI is InChI=1S/C17H16Cl3NO5S/c1-25-15(22)11-26-13-9-7-12(8-10-13)16(17(18,19)20)21-27(23,24)14-5-3-2-4-6-14/h2-10,16,21H,11H2,1H3/t16-/m1/s1. The summed E-state index contributed by atoms with van der Waals surface area (Å²) < 4.78 is 35.3. The van der Waals surface area contributed by atoms with Crippen LogP contribution in [0.15, 0.2) is 59.5 Å². The zero-order valence-corrected chi connectivity index (χ0v) is 17.1. The lowest BCUT2D eigenvalue weighted by Gasteiger charge is -2.26. The maximum absolute atomic E-state index is 12.6. The van der Waals surface area contributed by atoms with Gasteiger partial charge in [-0.2, -0.15) is 4.72 Å². The molecular formula is C17H16Cl3NO5S. The SMILES string of the molecule is COC(=O)COc1ccc([C@@H](NS(=O)(=O)c2ccccc2)C(Cl)(Cl)Cl)cc1. The van der Waals surface area contributed by atoms with Crippen molar-refractivity contribution in [3.05, 3.63) is 60.2 Å². The van der Waals surface area contributed by atoms with Gasteiger partial charge in [-0.25, -0.2) is 13.2 Å². The average molecular weight is 453 g/mol. The smallest absolute Gasteiger partial charge is 0.343 e. The average Bonchev–Trinajstić information content (AvgIpc) is 2.64. The summed E-state index contributed by atoms with van der Waals surface area (Å²) in [6.45, 7) is -0.260. The van der Waals surface area contributed by atoms with Gasteiger partial charge in [0, 0.05) is 0 Å². The largest absolute Gasteiger partial charge is 0.482 e. The van der Waals surface area contributed by atoms with E-state index >= 15 is 0 Å². The van der Waals surface area contributed by atoms with Gasteiger partial charge in [0.05, 0.1) is 18.0 Å². The highest BCUT2D eigenvalue weighted by Gasteiger charge is 2.37. The van der Waals surface area contributed by atoms with Crippen LogP contribution in [0, 0.1) is 0 Å². The predicted octanol–water partition coefficient (Wildman–Crippen LogP) is 3.63. The van der Waals surface area contributed by atoms with Crippen LogP contribution in [-0.2, 0) is 19.6 Å². The van der Waals surface area contributed by atoms with Gasteiger partial charge in [0.1, 0.15) is 5.75 Å². The molecule has 0 aliphatic carbocycles. The number of esters is 1. The highest BCUT2D eigenvalue weighted by atomic mass is 35.6. The lowest BCUT2D eigenvalue weighted by Crippen LogP contribution is -2.36. The van der Waals surface area contributed by atoms with Gasteiger partial charge in [0.25, 0.3) is 0 Å². The maximum atomic E-state index is 12.6. The Morgan fingerprint density at radius 3 is 2.19 bits per heavy atom. The Morgan fingerprint density at radius 2 is 1.67 bits per heavy atom. The molecule has 1 atom stereocenters. The molecule has 0 aromatic heterocycles. The lowest BCUT2D eigenvalue weighted by molar-refractivity contribution is -0.142. The third-order valence-electron chi connectivity index (χ3n) is 3.45. The van der Waals surface area contributed by atoms with Crippen molar-refractivity contribution >= 4 is 50.8 Å². The number of hydrogen-bond acceptors (Lipinski definition) is 5. The van der Waals surface area contributed by atoms with Gasteiger partial charge in [0.2, 0.25) is 13.8 Å². The molecule has 0 saturated heterocycles. The first-order valence-electron chi connectivity index (χ1n) is 7.57. The van der Waals surface area contributed by atoms with E-state index in [4.69, 9.17) is 39.5 Å². The minimum Gasteiger partial charge on any atom is -0.482 e. The zero-order valence-electron chi connectivity index (χ0n) is 14.1. The first-order valence-corrected chi connectivity index (χ1v) is 10.2. The Balaban J connectivity index is 2.23. The molecule has 27 heavy (non-hydrogen) atoms. The summed E-state index contributed by atoms with van der Waals surface area (Å²) in [6, 6.07) is 12.7. The molecule has 0 heterocycles. The van der Waals surface area contributed by atoms with Crippen LogP contribution in [0.5, 0.6) is 5.75 Å². The molecule has 0 radical (unpaired) electrons. The van der Waals surface area contributed by atoms with E-state index < -0.39 is 25.8 Å². The summed E-state index contributed by atoms with van der Waals surface area (Å²) in [5.74, 6) is -0.160. The summed E-state index contributed by atoms with van der Waals surface area (Å²) in [6.07, 6.45) is 0. The van der Waals surface area contributed by atoms with Gasteiger partial charge in [-0.3, -0.25) is 0 Å². The van der Waals surface area contributed by atoms with Gasteiger partial charge < -0.3 is 9.47 Å². The normalized spacial score (nSPS) is 13.0. The van der Waals surface area contributed by atoms with E-state index in [0.29, 0.717) is 11.3 Å². The maximum Gasteiger partial charge on any atom is 0.343 e. The Hall–Kier alpha value is -1.51. The molecule has 0 bridgehead atoms. The van der Waals surface area contributed by atoms with Crippen molar-refractivity contribution in [3.63, 3.8) is 0 Å². The van der Waals surface area contributed by atoms with E-state index in [0.717, 1.165) is 0 Å². The number of hydrogen-bond donors (Lipinski definition) is 1. The number of methoxy groups -OCH3 is 1. The summed E-state index contributed by atoms with van der Waals surface area (Å²) in [5.41, 5.74) is 0.403. The number of carbonyl (C=O) groups is 1. The van der Waals surface area contributed by atoms with Gasteiger partial charge in [-0.05, 0) is 29.8 Å². The van der Waals surface area contributed by atoms with E-state index in [9.17, 15) is 13.2 Å². The Labute approximate surface area is 172 Å². The van der Waals surface area contributed by atoms with Gasteiger partial charge in [0.15, 0.2) is 6.61 Å². The van der Waals surface area contributed by atoms with Crippen LogP contribution in [-0.4, -0.2) is 31.9 Å². The summed E-state index contributed by atoms with van der Waals surface area (Å²) in [5, 5.41) is 0. The summed E-state index contributed by atoms with van der Waals surface area (Å²) >= 11 is 18.0. The van der Waals surface area contributed by atoms with Crippen LogP contribution in [0.4, 0.5) is 0 Å². The highest BCUT2D eigenvalue weighted by molar-refractivity contribution is 7.89. The molecule has 2 rings (SSSR count). The van der Waals surface area contributed by atoms with Gasteiger partial charge in [-0.15, -0.1) is 0 Å². The molecular weight excluding hydrogens is 437 g/mol. The van der Waals surface area contributed by atoms with Crippen LogP contribution in [0.2, 0.25) is 0 Å². The predicted molar refractivity (Wildman–Crippen MR) is 104 cm³/mol. The minimum atomic E-state index is -3.92. The number of nitrogens with one attached hydrogen (secondary N) is 1. The molecule has 0 aliphatic rings. The third-order valence-corrected chi connectivity index (χ3v) is 5.55. The van der Waals surface area contributed by atoms with Crippen molar-refractivity contribution in [3.8, 4) is 5.75 Å². The highest BCUT2D eigenvalue weighted by Crippen LogP contribution is 2.41. The second kappa shape index (κ2) is 9.12.